The van der Waals surface area contributed by atoms with E-state index in [9.17, 15) is 4.79 Å². The first-order valence-electron chi connectivity index (χ1n) is 7.13. The van der Waals surface area contributed by atoms with Crippen molar-refractivity contribution in [2.75, 3.05) is 6.54 Å². The van der Waals surface area contributed by atoms with Crippen LogP contribution in [0.15, 0.2) is 42.6 Å². The molecule has 5 nitrogen and oxygen atoms in total. The lowest BCUT2D eigenvalue weighted by molar-refractivity contribution is -0.120. The minimum Gasteiger partial charge on any atom is -0.355 e. The van der Waals surface area contributed by atoms with E-state index in [1.54, 1.807) is 18.2 Å². The van der Waals surface area contributed by atoms with E-state index < -0.39 is 0 Å². The molecule has 1 aromatic carbocycles. The molecule has 0 bridgehead atoms. The van der Waals surface area contributed by atoms with Crippen molar-refractivity contribution < 1.29 is 4.79 Å². The van der Waals surface area contributed by atoms with Crippen LogP contribution in [0, 0.1) is 0 Å². The van der Waals surface area contributed by atoms with Crippen molar-refractivity contribution in [3.63, 3.8) is 0 Å². The van der Waals surface area contributed by atoms with E-state index in [4.69, 9.17) is 23.2 Å². The Labute approximate surface area is 143 Å². The number of pyridine rings is 1. The number of nitrogens with one attached hydrogen (secondary N) is 1. The summed E-state index contributed by atoms with van der Waals surface area (Å²) in [4.78, 5) is 12.0. The summed E-state index contributed by atoms with van der Waals surface area (Å²) in [5.74, 6) is 0.743. The molecule has 1 N–H and O–H groups in total. The van der Waals surface area contributed by atoms with Gasteiger partial charge in [-0.25, -0.2) is 0 Å². The highest BCUT2D eigenvalue weighted by Crippen LogP contribution is 2.22. The second-order valence-corrected chi connectivity index (χ2v) is 5.88. The third-order valence-electron chi connectivity index (χ3n) is 3.40. The molecule has 0 aliphatic heterocycles. The molecule has 0 saturated carbocycles. The molecule has 3 rings (SSSR count). The highest BCUT2D eigenvalue weighted by Gasteiger charge is 2.07. The number of amides is 1. The fourth-order valence-electron chi connectivity index (χ4n) is 2.27. The van der Waals surface area contributed by atoms with Crippen LogP contribution in [0.3, 0.4) is 0 Å². The molecule has 1 amide bonds. The molecule has 7 heteroatoms. The summed E-state index contributed by atoms with van der Waals surface area (Å²) < 4.78 is 1.91. The molecular weight excluding hydrogens is 335 g/mol. The Morgan fingerprint density at radius 3 is 2.83 bits per heavy atom. The lowest BCUT2D eigenvalue weighted by Crippen LogP contribution is -2.27. The summed E-state index contributed by atoms with van der Waals surface area (Å²) in [6, 6.07) is 10.9. The maximum atomic E-state index is 12.0. The van der Waals surface area contributed by atoms with Crippen LogP contribution < -0.4 is 5.32 Å². The highest BCUT2D eigenvalue weighted by atomic mass is 35.5. The zero-order chi connectivity index (χ0) is 16.2. The van der Waals surface area contributed by atoms with Crippen molar-refractivity contribution in [1.82, 2.24) is 19.9 Å². The summed E-state index contributed by atoms with van der Waals surface area (Å²) in [5.41, 5.74) is 1.62. The van der Waals surface area contributed by atoms with Gasteiger partial charge in [0.05, 0.1) is 16.5 Å². The molecule has 0 atom stereocenters. The Balaban J connectivity index is 1.54. The average Bonchev–Trinajstić information content (AvgIpc) is 2.94. The fourth-order valence-corrected chi connectivity index (χ4v) is 2.59. The molecule has 0 fully saturated rings. The summed E-state index contributed by atoms with van der Waals surface area (Å²) in [7, 11) is 0. The minimum absolute atomic E-state index is 0.0720. The molecule has 2 aromatic heterocycles. The van der Waals surface area contributed by atoms with Crippen LogP contribution in [0.25, 0.3) is 5.65 Å². The van der Waals surface area contributed by atoms with Crippen LogP contribution in [0.2, 0.25) is 10.0 Å². The Morgan fingerprint density at radius 2 is 2.00 bits per heavy atom. The number of carbonyl (C=O) groups is 1. The van der Waals surface area contributed by atoms with E-state index in [1.165, 1.54) is 0 Å². The van der Waals surface area contributed by atoms with Gasteiger partial charge < -0.3 is 5.32 Å². The minimum atomic E-state index is -0.0720. The molecule has 0 unspecified atom stereocenters. The fraction of sp³-hybridized carbons (Fsp3) is 0.188. The van der Waals surface area contributed by atoms with Gasteiger partial charge in [0, 0.05) is 19.2 Å². The predicted molar refractivity (Wildman–Crippen MR) is 89.9 cm³/mol. The summed E-state index contributed by atoms with van der Waals surface area (Å²) in [6.45, 7) is 0.496. The van der Waals surface area contributed by atoms with Crippen molar-refractivity contribution in [3.05, 3.63) is 64.0 Å². The summed E-state index contributed by atoms with van der Waals surface area (Å²) in [5, 5.41) is 12.0. The molecule has 0 saturated heterocycles. The van der Waals surface area contributed by atoms with Gasteiger partial charge in [0.2, 0.25) is 5.91 Å². The molecule has 0 spiro atoms. The lowest BCUT2D eigenvalue weighted by Gasteiger charge is -2.06. The largest absolute Gasteiger partial charge is 0.355 e. The van der Waals surface area contributed by atoms with Crippen LogP contribution >= 0.6 is 23.2 Å². The van der Waals surface area contributed by atoms with Gasteiger partial charge in [-0.15, -0.1) is 10.2 Å². The molecule has 0 aliphatic rings. The maximum absolute atomic E-state index is 12.0. The first-order chi connectivity index (χ1) is 11.1. The Bertz CT molecular complexity index is 847. The van der Waals surface area contributed by atoms with Gasteiger partial charge in [-0.3, -0.25) is 9.20 Å². The quantitative estimate of drug-likeness (QED) is 0.771. The van der Waals surface area contributed by atoms with Crippen LogP contribution in [0.5, 0.6) is 0 Å². The molecule has 2 heterocycles. The molecule has 0 radical (unpaired) electrons. The number of hydrogen-bond donors (Lipinski definition) is 1. The van der Waals surface area contributed by atoms with Gasteiger partial charge in [0.1, 0.15) is 5.82 Å². The predicted octanol–water partition coefficient (Wildman–Crippen LogP) is 2.94. The molecule has 3 aromatic rings. The van der Waals surface area contributed by atoms with Crippen molar-refractivity contribution >= 4 is 34.8 Å². The average molecular weight is 349 g/mol. The standard InChI is InChI=1S/C16H14Cl2N4O/c17-12-5-4-11(9-13(12)18)10-16(23)19-7-6-15-21-20-14-3-1-2-8-22(14)15/h1-5,8-9H,6-7,10H2,(H,19,23). The Hall–Kier alpha value is -2.11. The molecule has 118 valence electrons. The van der Waals surface area contributed by atoms with Gasteiger partial charge in [-0.2, -0.15) is 0 Å². The highest BCUT2D eigenvalue weighted by molar-refractivity contribution is 6.42. The van der Waals surface area contributed by atoms with E-state index in [1.807, 2.05) is 28.8 Å². The van der Waals surface area contributed by atoms with E-state index >= 15 is 0 Å². The Morgan fingerprint density at radius 1 is 1.13 bits per heavy atom. The third-order valence-corrected chi connectivity index (χ3v) is 4.14. The summed E-state index contributed by atoms with van der Waals surface area (Å²) in [6.07, 6.45) is 2.78. The zero-order valence-corrected chi connectivity index (χ0v) is 13.7. The second kappa shape index (κ2) is 6.98. The van der Waals surface area contributed by atoms with Gasteiger partial charge in [-0.05, 0) is 29.8 Å². The van der Waals surface area contributed by atoms with Gasteiger partial charge >= 0.3 is 0 Å². The number of halogens is 2. The first-order valence-corrected chi connectivity index (χ1v) is 7.88. The van der Waals surface area contributed by atoms with Gasteiger partial charge in [-0.1, -0.05) is 35.3 Å². The SMILES string of the molecule is O=C(Cc1ccc(Cl)c(Cl)c1)NCCc1nnc2ccccn12. The van der Waals surface area contributed by atoms with Crippen LogP contribution in [0.1, 0.15) is 11.4 Å². The second-order valence-electron chi connectivity index (χ2n) is 5.07. The number of hydrogen-bond acceptors (Lipinski definition) is 3. The Kier molecular flexibility index (Phi) is 4.79. The number of benzene rings is 1. The van der Waals surface area contributed by atoms with Crippen LogP contribution in [0.4, 0.5) is 0 Å². The van der Waals surface area contributed by atoms with Crippen molar-refractivity contribution in [3.8, 4) is 0 Å². The van der Waals surface area contributed by atoms with Gasteiger partial charge in [0.15, 0.2) is 5.65 Å². The zero-order valence-electron chi connectivity index (χ0n) is 12.2. The van der Waals surface area contributed by atoms with Crippen molar-refractivity contribution in [2.24, 2.45) is 0 Å². The van der Waals surface area contributed by atoms with E-state index in [2.05, 4.69) is 15.5 Å². The van der Waals surface area contributed by atoms with Crippen LogP contribution in [-0.4, -0.2) is 27.0 Å². The number of rotatable bonds is 5. The number of carbonyl (C=O) groups excluding carboxylic acids is 1. The maximum Gasteiger partial charge on any atom is 0.224 e. The normalized spacial score (nSPS) is 10.9. The molecule has 0 aliphatic carbocycles. The third kappa shape index (κ3) is 3.81. The number of nitrogens with zero attached hydrogens (tertiary/aromatic N) is 3. The topological polar surface area (TPSA) is 59.3 Å². The van der Waals surface area contributed by atoms with Gasteiger partial charge in [0.25, 0.3) is 0 Å². The smallest absolute Gasteiger partial charge is 0.224 e. The van der Waals surface area contributed by atoms with Crippen LogP contribution in [-0.2, 0) is 17.6 Å². The van der Waals surface area contributed by atoms with E-state index in [-0.39, 0.29) is 12.3 Å². The van der Waals surface area contributed by atoms with Crippen molar-refractivity contribution in [2.45, 2.75) is 12.8 Å². The van der Waals surface area contributed by atoms with E-state index in [0.717, 1.165) is 17.0 Å². The number of aromatic nitrogens is 3. The van der Waals surface area contributed by atoms with E-state index in [0.29, 0.717) is 23.0 Å². The first kappa shape index (κ1) is 15.8. The number of fused-ring (bicyclic) bond motifs is 1. The lowest BCUT2D eigenvalue weighted by atomic mass is 10.1. The van der Waals surface area contributed by atoms with Crippen molar-refractivity contribution in [1.29, 1.82) is 0 Å². The monoisotopic (exact) mass is 348 g/mol. The molecular formula is C16H14Cl2N4O. The summed E-state index contributed by atoms with van der Waals surface area (Å²) >= 11 is 11.8. The molecule has 23 heavy (non-hydrogen) atoms.